The average Bonchev–Trinajstić information content (AvgIpc) is 2.12. The molecule has 0 heterocycles. The molecule has 2 heteroatoms. The van der Waals surface area contributed by atoms with Crippen LogP contribution in [0.1, 0.15) is 52.4 Å². The largest absolute Gasteiger partial charge is 0.330 e. The third kappa shape index (κ3) is 7.97. The van der Waals surface area contributed by atoms with E-state index in [9.17, 15) is 4.79 Å². The Bertz CT molecular complexity index is 134. The van der Waals surface area contributed by atoms with Gasteiger partial charge in [0, 0.05) is 12.8 Å². The van der Waals surface area contributed by atoms with Crippen LogP contribution in [0.25, 0.3) is 0 Å². The lowest BCUT2D eigenvalue weighted by Crippen LogP contribution is -2.07. The van der Waals surface area contributed by atoms with Crippen molar-refractivity contribution < 1.29 is 4.79 Å². The minimum Gasteiger partial charge on any atom is -0.330 e. The van der Waals surface area contributed by atoms with E-state index in [-0.39, 0.29) is 0 Å². The lowest BCUT2D eigenvalue weighted by molar-refractivity contribution is -0.119. The van der Waals surface area contributed by atoms with Gasteiger partial charge in [-0.3, -0.25) is 4.79 Å². The normalized spacial score (nSPS) is 12.8. The Hall–Kier alpha value is -0.370. The zero-order valence-electron chi connectivity index (χ0n) is 9.01. The number of ketones is 1. The number of nitrogens with two attached hydrogens (primary N) is 1. The van der Waals surface area contributed by atoms with Gasteiger partial charge >= 0.3 is 0 Å². The van der Waals surface area contributed by atoms with Crippen molar-refractivity contribution in [3.8, 4) is 0 Å². The third-order valence-corrected chi connectivity index (χ3v) is 2.38. The van der Waals surface area contributed by atoms with E-state index in [2.05, 4.69) is 13.8 Å². The van der Waals surface area contributed by atoms with Crippen molar-refractivity contribution in [3.05, 3.63) is 0 Å². The van der Waals surface area contributed by atoms with Gasteiger partial charge in [0.15, 0.2) is 0 Å². The Morgan fingerprint density at radius 1 is 1.31 bits per heavy atom. The Kier molecular flexibility index (Phi) is 8.00. The lowest BCUT2D eigenvalue weighted by Gasteiger charge is -2.08. The van der Waals surface area contributed by atoms with Crippen molar-refractivity contribution in [1.29, 1.82) is 0 Å². The highest BCUT2D eigenvalue weighted by Crippen LogP contribution is 2.11. The van der Waals surface area contributed by atoms with E-state index in [4.69, 9.17) is 5.73 Å². The number of rotatable bonds is 8. The van der Waals surface area contributed by atoms with Crippen molar-refractivity contribution in [2.75, 3.05) is 6.54 Å². The van der Waals surface area contributed by atoms with Gasteiger partial charge in [-0.05, 0) is 31.7 Å². The van der Waals surface area contributed by atoms with Crippen LogP contribution in [0.4, 0.5) is 0 Å². The number of carbonyl (C=O) groups excluding carboxylic acids is 1. The monoisotopic (exact) mass is 185 g/mol. The Morgan fingerprint density at radius 3 is 2.54 bits per heavy atom. The maximum absolute atomic E-state index is 11.3. The van der Waals surface area contributed by atoms with Crippen LogP contribution in [0.2, 0.25) is 0 Å². The number of Topliss-reactive ketones (excluding diaryl/α,β-unsaturated/α-hetero) is 1. The molecule has 0 fully saturated rings. The van der Waals surface area contributed by atoms with Gasteiger partial charge in [0.05, 0.1) is 0 Å². The first-order valence-electron chi connectivity index (χ1n) is 5.42. The van der Waals surface area contributed by atoms with E-state index in [0.29, 0.717) is 11.7 Å². The Labute approximate surface area is 81.9 Å². The number of carbonyl (C=O) groups is 1. The standard InChI is InChI=1S/C11H23NO/c1-3-4-5-11(13)7-6-10(2)8-9-12/h10H,3-9,12H2,1-2H3. The summed E-state index contributed by atoms with van der Waals surface area (Å²) in [6.07, 6.45) is 5.74. The van der Waals surface area contributed by atoms with E-state index in [0.717, 1.165) is 45.1 Å². The Morgan fingerprint density at radius 2 is 2.00 bits per heavy atom. The molecule has 2 nitrogen and oxygen atoms in total. The summed E-state index contributed by atoms with van der Waals surface area (Å²) in [5.41, 5.74) is 5.43. The minimum absolute atomic E-state index is 0.422. The van der Waals surface area contributed by atoms with Gasteiger partial charge in [-0.1, -0.05) is 20.3 Å². The predicted molar refractivity (Wildman–Crippen MR) is 56.6 cm³/mol. The second-order valence-corrected chi connectivity index (χ2v) is 3.86. The molecule has 0 amide bonds. The van der Waals surface area contributed by atoms with E-state index < -0.39 is 0 Å². The predicted octanol–water partition coefficient (Wildman–Crippen LogP) is 2.51. The molecule has 0 aliphatic heterocycles. The molecule has 1 atom stereocenters. The van der Waals surface area contributed by atoms with Crippen molar-refractivity contribution in [1.82, 2.24) is 0 Å². The summed E-state index contributed by atoms with van der Waals surface area (Å²) < 4.78 is 0. The fraction of sp³-hybridized carbons (Fsp3) is 0.909. The molecule has 13 heavy (non-hydrogen) atoms. The highest BCUT2D eigenvalue weighted by molar-refractivity contribution is 5.78. The molecule has 0 saturated heterocycles. The van der Waals surface area contributed by atoms with Crippen LogP contribution in [0, 0.1) is 5.92 Å². The minimum atomic E-state index is 0.422. The molecular formula is C11H23NO. The summed E-state index contributed by atoms with van der Waals surface area (Å²) in [5, 5.41) is 0. The summed E-state index contributed by atoms with van der Waals surface area (Å²) in [5.74, 6) is 1.03. The van der Waals surface area contributed by atoms with Crippen LogP contribution < -0.4 is 5.73 Å². The molecule has 2 N–H and O–H groups in total. The van der Waals surface area contributed by atoms with Crippen LogP contribution in [0.15, 0.2) is 0 Å². The molecule has 0 aromatic rings. The first kappa shape index (κ1) is 12.6. The first-order chi connectivity index (χ1) is 6.20. The summed E-state index contributed by atoms with van der Waals surface area (Å²) >= 11 is 0. The molecule has 1 unspecified atom stereocenters. The molecule has 0 saturated carbocycles. The van der Waals surface area contributed by atoms with E-state index in [1.54, 1.807) is 0 Å². The van der Waals surface area contributed by atoms with Crippen molar-refractivity contribution in [3.63, 3.8) is 0 Å². The van der Waals surface area contributed by atoms with Crippen LogP contribution >= 0.6 is 0 Å². The van der Waals surface area contributed by atoms with Gasteiger partial charge in [0.2, 0.25) is 0 Å². The van der Waals surface area contributed by atoms with E-state index in [1.807, 2.05) is 0 Å². The molecular weight excluding hydrogens is 162 g/mol. The van der Waals surface area contributed by atoms with Crippen LogP contribution in [-0.4, -0.2) is 12.3 Å². The molecule has 0 bridgehead atoms. The zero-order chi connectivity index (χ0) is 10.1. The van der Waals surface area contributed by atoms with Gasteiger partial charge in [-0.15, -0.1) is 0 Å². The molecule has 0 aromatic carbocycles. The average molecular weight is 185 g/mol. The highest BCUT2D eigenvalue weighted by atomic mass is 16.1. The van der Waals surface area contributed by atoms with Gasteiger partial charge in [-0.2, -0.15) is 0 Å². The number of hydrogen-bond donors (Lipinski definition) is 1. The second-order valence-electron chi connectivity index (χ2n) is 3.86. The summed E-state index contributed by atoms with van der Waals surface area (Å²) in [6, 6.07) is 0. The summed E-state index contributed by atoms with van der Waals surface area (Å²) in [6.45, 7) is 5.02. The second kappa shape index (κ2) is 8.24. The topological polar surface area (TPSA) is 43.1 Å². The maximum atomic E-state index is 11.3. The summed E-state index contributed by atoms with van der Waals surface area (Å²) in [4.78, 5) is 11.3. The molecule has 0 aromatic heterocycles. The fourth-order valence-electron chi connectivity index (χ4n) is 1.34. The summed E-state index contributed by atoms with van der Waals surface area (Å²) in [7, 11) is 0. The Balaban J connectivity index is 3.34. The molecule has 0 spiro atoms. The van der Waals surface area contributed by atoms with Crippen molar-refractivity contribution >= 4 is 5.78 Å². The molecule has 0 aliphatic rings. The number of hydrogen-bond acceptors (Lipinski definition) is 2. The highest BCUT2D eigenvalue weighted by Gasteiger charge is 2.05. The van der Waals surface area contributed by atoms with E-state index in [1.165, 1.54) is 0 Å². The van der Waals surface area contributed by atoms with Gasteiger partial charge in [0.1, 0.15) is 5.78 Å². The van der Waals surface area contributed by atoms with Gasteiger partial charge in [0.25, 0.3) is 0 Å². The molecule has 78 valence electrons. The van der Waals surface area contributed by atoms with Gasteiger partial charge in [-0.25, -0.2) is 0 Å². The molecule has 0 radical (unpaired) electrons. The van der Waals surface area contributed by atoms with Crippen LogP contribution in [0.5, 0.6) is 0 Å². The van der Waals surface area contributed by atoms with Crippen molar-refractivity contribution in [2.24, 2.45) is 11.7 Å². The lowest BCUT2D eigenvalue weighted by atomic mass is 9.99. The zero-order valence-corrected chi connectivity index (χ0v) is 9.01. The maximum Gasteiger partial charge on any atom is 0.132 e. The van der Waals surface area contributed by atoms with E-state index >= 15 is 0 Å². The smallest absolute Gasteiger partial charge is 0.132 e. The third-order valence-electron chi connectivity index (χ3n) is 2.38. The SMILES string of the molecule is CCCCC(=O)CCC(C)CCN. The van der Waals surface area contributed by atoms with Gasteiger partial charge < -0.3 is 5.73 Å². The van der Waals surface area contributed by atoms with Crippen LogP contribution in [-0.2, 0) is 4.79 Å². The van der Waals surface area contributed by atoms with Crippen LogP contribution in [0.3, 0.4) is 0 Å². The first-order valence-corrected chi connectivity index (χ1v) is 5.42. The quantitative estimate of drug-likeness (QED) is 0.631. The van der Waals surface area contributed by atoms with Crippen molar-refractivity contribution in [2.45, 2.75) is 52.4 Å². The molecule has 0 rings (SSSR count). The number of unbranched alkanes of at least 4 members (excludes halogenated alkanes) is 1. The molecule has 0 aliphatic carbocycles. The fourth-order valence-corrected chi connectivity index (χ4v) is 1.34.